The Morgan fingerprint density at radius 2 is 2.26 bits per heavy atom. The van der Waals surface area contributed by atoms with Gasteiger partial charge < -0.3 is 20.9 Å². The van der Waals surface area contributed by atoms with Gasteiger partial charge in [0, 0.05) is 25.4 Å². The fourth-order valence-corrected chi connectivity index (χ4v) is 1.75. The molecule has 1 aromatic rings. The molecular formula is C14H20N2O3. The standard InChI is InChI=1S/C14H20N2O3/c15-13-5-4-11(17)8-12(13)14(18)16-6-1-7-19-9-10-2-3-10/h4-5,8,10,17H,1-3,6-7,9,15H2,(H,16,18). The van der Waals surface area contributed by atoms with Crippen LogP contribution in [0.2, 0.25) is 0 Å². The normalized spacial score (nSPS) is 14.3. The maximum Gasteiger partial charge on any atom is 0.253 e. The molecule has 4 N–H and O–H groups in total. The van der Waals surface area contributed by atoms with Crippen molar-refractivity contribution in [2.24, 2.45) is 5.92 Å². The highest BCUT2D eigenvalue weighted by molar-refractivity contribution is 5.99. The number of hydrogen-bond acceptors (Lipinski definition) is 4. The van der Waals surface area contributed by atoms with Gasteiger partial charge in [0.05, 0.1) is 5.56 Å². The number of phenolic OH excluding ortho intramolecular Hbond substituents is 1. The maximum atomic E-state index is 11.8. The Hall–Kier alpha value is -1.75. The molecule has 0 aromatic heterocycles. The minimum atomic E-state index is -0.268. The van der Waals surface area contributed by atoms with E-state index in [1.807, 2.05) is 0 Å². The lowest BCUT2D eigenvalue weighted by molar-refractivity contribution is 0.0938. The summed E-state index contributed by atoms with van der Waals surface area (Å²) in [5.74, 6) is 0.532. The molecule has 5 nitrogen and oxygen atoms in total. The van der Waals surface area contributed by atoms with Crippen LogP contribution in [-0.2, 0) is 4.74 Å². The van der Waals surface area contributed by atoms with E-state index in [0.29, 0.717) is 24.4 Å². The van der Waals surface area contributed by atoms with Crippen molar-refractivity contribution in [3.8, 4) is 5.75 Å². The van der Waals surface area contributed by atoms with Crippen molar-refractivity contribution in [2.75, 3.05) is 25.5 Å². The fourth-order valence-electron chi connectivity index (χ4n) is 1.75. The first kappa shape index (κ1) is 13.7. The number of nitrogens with two attached hydrogens (primary N) is 1. The highest BCUT2D eigenvalue weighted by atomic mass is 16.5. The van der Waals surface area contributed by atoms with Crippen molar-refractivity contribution < 1.29 is 14.6 Å². The van der Waals surface area contributed by atoms with Gasteiger partial charge in [-0.2, -0.15) is 0 Å². The molecule has 104 valence electrons. The Morgan fingerprint density at radius 3 is 3.00 bits per heavy atom. The zero-order chi connectivity index (χ0) is 13.7. The van der Waals surface area contributed by atoms with E-state index in [4.69, 9.17) is 10.5 Å². The number of nitrogen functional groups attached to an aromatic ring is 1. The number of aromatic hydroxyl groups is 1. The van der Waals surface area contributed by atoms with Gasteiger partial charge in [0.25, 0.3) is 5.91 Å². The van der Waals surface area contributed by atoms with Crippen LogP contribution in [0, 0.1) is 5.92 Å². The van der Waals surface area contributed by atoms with Crippen LogP contribution in [0.25, 0.3) is 0 Å². The summed E-state index contributed by atoms with van der Waals surface area (Å²) in [6.07, 6.45) is 3.35. The van der Waals surface area contributed by atoms with Crippen molar-refractivity contribution in [1.29, 1.82) is 0 Å². The lowest BCUT2D eigenvalue weighted by Gasteiger charge is -2.08. The summed E-state index contributed by atoms with van der Waals surface area (Å²) in [6, 6.07) is 4.34. The Bertz CT molecular complexity index is 444. The second-order valence-corrected chi connectivity index (χ2v) is 4.90. The lowest BCUT2D eigenvalue weighted by Crippen LogP contribution is -2.26. The summed E-state index contributed by atoms with van der Waals surface area (Å²) in [7, 11) is 0. The minimum absolute atomic E-state index is 0.0344. The molecule has 1 aliphatic carbocycles. The average molecular weight is 264 g/mol. The van der Waals surface area contributed by atoms with Gasteiger partial charge in [0.1, 0.15) is 5.75 Å². The first-order valence-electron chi connectivity index (χ1n) is 6.61. The van der Waals surface area contributed by atoms with E-state index in [9.17, 15) is 9.90 Å². The van der Waals surface area contributed by atoms with Crippen molar-refractivity contribution in [3.05, 3.63) is 23.8 Å². The second kappa shape index (κ2) is 6.43. The molecule has 2 rings (SSSR count). The Labute approximate surface area is 112 Å². The van der Waals surface area contributed by atoms with Crippen LogP contribution in [0.1, 0.15) is 29.6 Å². The molecule has 1 amide bonds. The number of phenols is 1. The molecule has 1 aromatic carbocycles. The minimum Gasteiger partial charge on any atom is -0.508 e. The number of rotatable bonds is 7. The first-order chi connectivity index (χ1) is 9.16. The van der Waals surface area contributed by atoms with Crippen LogP contribution in [-0.4, -0.2) is 30.8 Å². The summed E-state index contributed by atoms with van der Waals surface area (Å²) in [5.41, 5.74) is 6.35. The zero-order valence-corrected chi connectivity index (χ0v) is 10.9. The molecule has 0 unspecified atom stereocenters. The van der Waals surface area contributed by atoms with Crippen molar-refractivity contribution >= 4 is 11.6 Å². The van der Waals surface area contributed by atoms with Crippen LogP contribution in [0.5, 0.6) is 5.75 Å². The third kappa shape index (κ3) is 4.44. The highest BCUT2D eigenvalue weighted by Crippen LogP contribution is 2.28. The Kier molecular flexibility index (Phi) is 4.63. The largest absolute Gasteiger partial charge is 0.508 e. The van der Waals surface area contributed by atoms with E-state index >= 15 is 0 Å². The van der Waals surface area contributed by atoms with Crippen LogP contribution in [0.4, 0.5) is 5.69 Å². The van der Waals surface area contributed by atoms with Gasteiger partial charge >= 0.3 is 0 Å². The van der Waals surface area contributed by atoms with E-state index in [1.165, 1.54) is 31.0 Å². The molecule has 1 aliphatic rings. The maximum absolute atomic E-state index is 11.8. The highest BCUT2D eigenvalue weighted by Gasteiger charge is 2.20. The monoisotopic (exact) mass is 264 g/mol. The molecule has 0 spiro atoms. The molecule has 0 aliphatic heterocycles. The second-order valence-electron chi connectivity index (χ2n) is 4.90. The third-order valence-corrected chi connectivity index (χ3v) is 3.08. The number of carbonyl (C=O) groups excluding carboxylic acids is 1. The summed E-state index contributed by atoms with van der Waals surface area (Å²) in [6.45, 7) is 2.04. The van der Waals surface area contributed by atoms with E-state index in [1.54, 1.807) is 0 Å². The van der Waals surface area contributed by atoms with Crippen LogP contribution < -0.4 is 11.1 Å². The molecule has 19 heavy (non-hydrogen) atoms. The first-order valence-corrected chi connectivity index (χ1v) is 6.61. The van der Waals surface area contributed by atoms with E-state index in [-0.39, 0.29) is 11.7 Å². The Morgan fingerprint density at radius 1 is 1.47 bits per heavy atom. The molecule has 1 saturated carbocycles. The predicted octanol–water partition coefficient (Wildman–Crippen LogP) is 1.52. The molecule has 0 radical (unpaired) electrons. The predicted molar refractivity (Wildman–Crippen MR) is 73.0 cm³/mol. The summed E-state index contributed by atoms with van der Waals surface area (Å²) < 4.78 is 5.47. The van der Waals surface area contributed by atoms with Gasteiger partial charge in [-0.25, -0.2) is 0 Å². The lowest BCUT2D eigenvalue weighted by atomic mass is 10.1. The van der Waals surface area contributed by atoms with Gasteiger partial charge in [-0.3, -0.25) is 4.79 Å². The van der Waals surface area contributed by atoms with Gasteiger partial charge in [-0.15, -0.1) is 0 Å². The number of carbonyl (C=O) groups is 1. The molecule has 0 bridgehead atoms. The summed E-state index contributed by atoms with van der Waals surface area (Å²) >= 11 is 0. The molecule has 0 heterocycles. The molecule has 0 atom stereocenters. The molecular weight excluding hydrogens is 244 g/mol. The fraction of sp³-hybridized carbons (Fsp3) is 0.500. The zero-order valence-electron chi connectivity index (χ0n) is 10.9. The number of ether oxygens (including phenoxy) is 1. The van der Waals surface area contributed by atoms with Crippen LogP contribution in [0.15, 0.2) is 18.2 Å². The van der Waals surface area contributed by atoms with Crippen molar-refractivity contribution in [2.45, 2.75) is 19.3 Å². The molecule has 1 fully saturated rings. The third-order valence-electron chi connectivity index (χ3n) is 3.08. The topological polar surface area (TPSA) is 84.6 Å². The van der Waals surface area contributed by atoms with Crippen LogP contribution >= 0.6 is 0 Å². The SMILES string of the molecule is Nc1ccc(O)cc1C(=O)NCCCOCC1CC1. The van der Waals surface area contributed by atoms with Gasteiger partial charge in [0.2, 0.25) is 0 Å². The van der Waals surface area contributed by atoms with E-state index in [0.717, 1.165) is 18.9 Å². The number of benzene rings is 1. The number of amides is 1. The van der Waals surface area contributed by atoms with Gasteiger partial charge in [-0.1, -0.05) is 0 Å². The smallest absolute Gasteiger partial charge is 0.253 e. The quantitative estimate of drug-likeness (QED) is 0.396. The summed E-state index contributed by atoms with van der Waals surface area (Å²) in [4.78, 5) is 11.8. The van der Waals surface area contributed by atoms with Crippen LogP contribution in [0.3, 0.4) is 0 Å². The van der Waals surface area contributed by atoms with Crippen molar-refractivity contribution in [3.63, 3.8) is 0 Å². The summed E-state index contributed by atoms with van der Waals surface area (Å²) in [5, 5.41) is 12.1. The Balaban J connectivity index is 1.66. The van der Waals surface area contributed by atoms with Gasteiger partial charge in [0.15, 0.2) is 0 Å². The number of anilines is 1. The van der Waals surface area contributed by atoms with Crippen molar-refractivity contribution in [1.82, 2.24) is 5.32 Å². The van der Waals surface area contributed by atoms with E-state index in [2.05, 4.69) is 5.32 Å². The van der Waals surface area contributed by atoms with E-state index < -0.39 is 0 Å². The number of nitrogens with one attached hydrogen (secondary N) is 1. The average Bonchev–Trinajstić information content (AvgIpc) is 3.20. The van der Waals surface area contributed by atoms with Gasteiger partial charge in [-0.05, 0) is 43.4 Å². The molecule has 5 heteroatoms. The number of hydrogen-bond donors (Lipinski definition) is 3. The molecule has 0 saturated heterocycles.